The standard InChI is InChI=1S/C17H14F3N3O2S/c1-11(24)22-26(25,13-8-6-12(7-9-13)17(18,19)20)23-16-10-21-15-5-3-2-4-14(15)16/h2-10,21H,1H3,(H,22,23,24,25). The molecule has 26 heavy (non-hydrogen) atoms. The van der Waals surface area contributed by atoms with E-state index in [-0.39, 0.29) is 4.90 Å². The highest BCUT2D eigenvalue weighted by molar-refractivity contribution is 7.92. The third kappa shape index (κ3) is 3.57. The fourth-order valence-corrected chi connectivity index (χ4v) is 4.02. The summed E-state index contributed by atoms with van der Waals surface area (Å²) in [5.41, 5.74) is 0.209. The zero-order valence-electron chi connectivity index (χ0n) is 13.5. The number of halogens is 3. The van der Waals surface area contributed by atoms with Gasteiger partial charge in [-0.3, -0.25) is 9.52 Å². The number of aromatic amines is 1. The number of benzene rings is 2. The molecule has 0 saturated heterocycles. The van der Waals surface area contributed by atoms with E-state index in [0.29, 0.717) is 11.1 Å². The Kier molecular flexibility index (Phi) is 4.49. The molecule has 3 rings (SSSR count). The van der Waals surface area contributed by atoms with Crippen LogP contribution in [0.1, 0.15) is 12.5 Å². The fraction of sp³-hybridized carbons (Fsp3) is 0.118. The van der Waals surface area contributed by atoms with Crippen LogP contribution in [-0.2, 0) is 20.9 Å². The summed E-state index contributed by atoms with van der Waals surface area (Å²) >= 11 is 0. The molecule has 1 unspecified atom stereocenters. The maximum Gasteiger partial charge on any atom is 0.416 e. The summed E-state index contributed by atoms with van der Waals surface area (Å²) in [5, 5.41) is 0.678. The Labute approximate surface area is 147 Å². The molecule has 0 aliphatic rings. The average Bonchev–Trinajstić information content (AvgIpc) is 2.96. The molecular formula is C17H14F3N3O2S. The van der Waals surface area contributed by atoms with Gasteiger partial charge in [0, 0.05) is 24.0 Å². The van der Waals surface area contributed by atoms with Crippen LogP contribution >= 0.6 is 0 Å². The van der Waals surface area contributed by atoms with E-state index in [9.17, 15) is 22.2 Å². The maximum atomic E-state index is 13.3. The number of aromatic nitrogens is 1. The first kappa shape index (κ1) is 18.0. The molecule has 0 aliphatic heterocycles. The van der Waals surface area contributed by atoms with Gasteiger partial charge < -0.3 is 4.98 Å². The summed E-state index contributed by atoms with van der Waals surface area (Å²) < 4.78 is 57.9. The summed E-state index contributed by atoms with van der Waals surface area (Å²) in [5.74, 6) is -0.613. The van der Waals surface area contributed by atoms with Gasteiger partial charge in [0.05, 0.1) is 10.5 Å². The molecule has 1 heterocycles. The van der Waals surface area contributed by atoms with Crippen molar-refractivity contribution in [2.24, 2.45) is 4.36 Å². The van der Waals surface area contributed by atoms with Crippen molar-refractivity contribution in [3.8, 4) is 0 Å². The number of rotatable bonds is 3. The lowest BCUT2D eigenvalue weighted by Gasteiger charge is -2.12. The predicted octanol–water partition coefficient (Wildman–Crippen LogP) is 4.40. The van der Waals surface area contributed by atoms with Crippen molar-refractivity contribution in [3.63, 3.8) is 0 Å². The van der Waals surface area contributed by atoms with Crippen LogP contribution in [0.5, 0.6) is 0 Å². The van der Waals surface area contributed by atoms with Gasteiger partial charge in [0.25, 0.3) is 0 Å². The molecule has 0 spiro atoms. The van der Waals surface area contributed by atoms with Crippen molar-refractivity contribution in [2.75, 3.05) is 0 Å². The molecule has 5 nitrogen and oxygen atoms in total. The van der Waals surface area contributed by atoms with Gasteiger partial charge in [-0.25, -0.2) is 4.21 Å². The highest BCUT2D eigenvalue weighted by atomic mass is 32.2. The molecule has 0 radical (unpaired) electrons. The minimum atomic E-state index is -4.51. The smallest absolute Gasteiger partial charge is 0.359 e. The zero-order chi connectivity index (χ0) is 18.9. The summed E-state index contributed by atoms with van der Waals surface area (Å²) in [7, 11) is -3.51. The Hall–Kier alpha value is -2.81. The molecule has 9 heteroatoms. The summed E-state index contributed by atoms with van der Waals surface area (Å²) in [6.07, 6.45) is -2.99. The normalized spacial score (nSPS) is 14.0. The molecule has 0 aliphatic carbocycles. The SMILES string of the molecule is CC(=O)NS(=O)(=Nc1c[nH]c2ccccc12)c1ccc(C(F)(F)F)cc1. The van der Waals surface area contributed by atoms with Gasteiger partial charge in [0.15, 0.2) is 9.92 Å². The summed E-state index contributed by atoms with van der Waals surface area (Å²) in [6, 6.07) is 10.9. The predicted molar refractivity (Wildman–Crippen MR) is 92.1 cm³/mol. The van der Waals surface area contributed by atoms with Crippen LogP contribution in [0.4, 0.5) is 18.9 Å². The molecule has 0 saturated carbocycles. The maximum absolute atomic E-state index is 13.3. The van der Waals surface area contributed by atoms with Gasteiger partial charge in [-0.15, -0.1) is 0 Å². The molecule has 1 amide bonds. The lowest BCUT2D eigenvalue weighted by Crippen LogP contribution is -2.28. The van der Waals surface area contributed by atoms with Gasteiger partial charge in [0.2, 0.25) is 5.91 Å². The van der Waals surface area contributed by atoms with Crippen molar-refractivity contribution in [2.45, 2.75) is 18.0 Å². The van der Waals surface area contributed by atoms with E-state index < -0.39 is 27.6 Å². The lowest BCUT2D eigenvalue weighted by atomic mass is 10.2. The molecule has 0 fully saturated rings. The molecule has 2 aromatic carbocycles. The van der Waals surface area contributed by atoms with E-state index in [1.165, 1.54) is 6.20 Å². The Morgan fingerprint density at radius 1 is 1.12 bits per heavy atom. The Bertz CT molecular complexity index is 1080. The number of para-hydroxylation sites is 1. The Balaban J connectivity index is 2.15. The first-order valence-corrected chi connectivity index (χ1v) is 8.99. The summed E-state index contributed by atoms with van der Waals surface area (Å²) in [4.78, 5) is 14.5. The number of carbonyl (C=O) groups is 1. The van der Waals surface area contributed by atoms with E-state index in [2.05, 4.69) is 14.1 Å². The number of amides is 1. The van der Waals surface area contributed by atoms with Crippen molar-refractivity contribution in [1.29, 1.82) is 0 Å². The number of hydrogen-bond acceptors (Lipinski definition) is 3. The molecular weight excluding hydrogens is 367 g/mol. The van der Waals surface area contributed by atoms with Crippen molar-refractivity contribution in [1.82, 2.24) is 9.71 Å². The number of carbonyl (C=O) groups excluding carboxylic acids is 1. The molecule has 3 aromatic rings. The number of nitrogens with one attached hydrogen (secondary N) is 2. The molecule has 1 atom stereocenters. The zero-order valence-corrected chi connectivity index (χ0v) is 14.3. The van der Waals surface area contributed by atoms with Gasteiger partial charge in [-0.05, 0) is 30.3 Å². The Morgan fingerprint density at radius 3 is 2.38 bits per heavy atom. The first-order valence-electron chi connectivity index (χ1n) is 7.48. The van der Waals surface area contributed by atoms with Gasteiger partial charge in [0.1, 0.15) is 5.69 Å². The van der Waals surface area contributed by atoms with E-state index >= 15 is 0 Å². The third-order valence-electron chi connectivity index (χ3n) is 3.58. The number of H-pyrrole nitrogens is 1. The second-order valence-electron chi connectivity index (χ2n) is 5.52. The van der Waals surface area contributed by atoms with Crippen LogP contribution in [-0.4, -0.2) is 15.1 Å². The van der Waals surface area contributed by atoms with Crippen LogP contribution in [0.2, 0.25) is 0 Å². The minimum absolute atomic E-state index is 0.0222. The summed E-state index contributed by atoms with van der Waals surface area (Å²) in [6.45, 7) is 1.16. The monoisotopic (exact) mass is 381 g/mol. The quantitative estimate of drug-likeness (QED) is 0.706. The van der Waals surface area contributed by atoms with Crippen molar-refractivity contribution < 1.29 is 22.2 Å². The van der Waals surface area contributed by atoms with Crippen LogP contribution in [0.25, 0.3) is 10.9 Å². The van der Waals surface area contributed by atoms with Crippen molar-refractivity contribution >= 4 is 32.4 Å². The van der Waals surface area contributed by atoms with E-state index in [4.69, 9.17) is 0 Å². The molecule has 136 valence electrons. The highest BCUT2D eigenvalue weighted by Crippen LogP contribution is 2.31. The number of fused-ring (bicyclic) bond motifs is 1. The van der Waals surface area contributed by atoms with E-state index in [0.717, 1.165) is 36.7 Å². The van der Waals surface area contributed by atoms with Gasteiger partial charge in [-0.2, -0.15) is 17.5 Å². The number of nitrogens with zero attached hydrogens (tertiary/aromatic N) is 1. The molecule has 1 aromatic heterocycles. The van der Waals surface area contributed by atoms with Gasteiger partial charge in [-0.1, -0.05) is 18.2 Å². The fourth-order valence-electron chi connectivity index (χ4n) is 2.43. The molecule has 2 N–H and O–H groups in total. The number of alkyl halides is 3. The molecule has 0 bridgehead atoms. The van der Waals surface area contributed by atoms with Crippen molar-refractivity contribution in [3.05, 3.63) is 60.3 Å². The minimum Gasteiger partial charge on any atom is -0.359 e. The topological polar surface area (TPSA) is 74.3 Å². The Morgan fingerprint density at radius 2 is 1.77 bits per heavy atom. The first-order chi connectivity index (χ1) is 12.2. The number of hydrogen-bond donors (Lipinski definition) is 2. The van der Waals surface area contributed by atoms with Crippen LogP contribution < -0.4 is 4.72 Å². The van der Waals surface area contributed by atoms with Crippen LogP contribution in [0.3, 0.4) is 0 Å². The van der Waals surface area contributed by atoms with E-state index in [1.54, 1.807) is 18.2 Å². The third-order valence-corrected chi connectivity index (χ3v) is 5.51. The van der Waals surface area contributed by atoms with Gasteiger partial charge >= 0.3 is 6.18 Å². The van der Waals surface area contributed by atoms with Crippen LogP contribution in [0, 0.1) is 0 Å². The van der Waals surface area contributed by atoms with E-state index in [1.807, 2.05) is 6.07 Å². The lowest BCUT2D eigenvalue weighted by molar-refractivity contribution is -0.137. The second-order valence-corrected chi connectivity index (χ2v) is 7.43. The highest BCUT2D eigenvalue weighted by Gasteiger charge is 2.30. The largest absolute Gasteiger partial charge is 0.416 e. The van der Waals surface area contributed by atoms with Crippen LogP contribution in [0.15, 0.2) is 64.0 Å². The average molecular weight is 381 g/mol. The second kappa shape index (κ2) is 6.49.